The molecule has 6 heteroatoms. The Morgan fingerprint density at radius 3 is 1.84 bits per heavy atom. The maximum absolute atomic E-state index is 12.1. The molecule has 0 spiro atoms. The summed E-state index contributed by atoms with van der Waals surface area (Å²) in [7, 11) is 0. The lowest BCUT2D eigenvalue weighted by Crippen LogP contribution is -2.49. The molecule has 0 heterocycles. The van der Waals surface area contributed by atoms with Crippen molar-refractivity contribution in [3.8, 4) is 0 Å². The van der Waals surface area contributed by atoms with Crippen molar-refractivity contribution in [1.29, 1.82) is 0 Å². The van der Waals surface area contributed by atoms with Gasteiger partial charge >= 0.3 is 5.97 Å². The normalized spacial score (nSPS) is 11.6. The number of hydrogen-bond acceptors (Lipinski definition) is 4. The molecule has 0 bridgehead atoms. The summed E-state index contributed by atoms with van der Waals surface area (Å²) < 4.78 is 4.67. The van der Waals surface area contributed by atoms with Crippen LogP contribution in [0.4, 0.5) is 0 Å². The molecule has 0 fully saturated rings. The van der Waals surface area contributed by atoms with Gasteiger partial charge in [-0.3, -0.25) is 14.4 Å². The maximum atomic E-state index is 12.1. The second-order valence-electron chi connectivity index (χ2n) is 5.53. The van der Waals surface area contributed by atoms with Crippen LogP contribution in [0.3, 0.4) is 0 Å². The van der Waals surface area contributed by atoms with Crippen molar-refractivity contribution in [3.05, 3.63) is 71.8 Å². The summed E-state index contributed by atoms with van der Waals surface area (Å²) in [5, 5.41) is 2.58. The van der Waals surface area contributed by atoms with Gasteiger partial charge in [0.1, 0.15) is 6.04 Å². The second-order valence-corrected chi connectivity index (χ2v) is 5.53. The Morgan fingerprint density at radius 1 is 0.960 bits per heavy atom. The summed E-state index contributed by atoms with van der Waals surface area (Å²) in [5.74, 6) is -2.29. The number of carbonyl (C=O) groups excluding carboxylic acids is 3. The van der Waals surface area contributed by atoms with E-state index in [9.17, 15) is 14.4 Å². The molecule has 130 valence electrons. The molecule has 2 aromatic rings. The monoisotopic (exact) mass is 340 g/mol. The summed E-state index contributed by atoms with van der Waals surface area (Å²) in [6, 6.07) is 17.6. The first kappa shape index (κ1) is 18.2. The molecule has 0 aromatic heterocycles. The van der Waals surface area contributed by atoms with Crippen molar-refractivity contribution in [1.82, 2.24) is 5.32 Å². The minimum absolute atomic E-state index is 0.457. The molecule has 0 aliphatic heterocycles. The molecule has 1 atom stereocenters. The summed E-state index contributed by atoms with van der Waals surface area (Å²) in [6.07, 6.45) is 0. The smallest absolute Gasteiger partial charge is 0.303 e. The van der Waals surface area contributed by atoms with Crippen LogP contribution in [0.2, 0.25) is 0 Å². The van der Waals surface area contributed by atoms with Gasteiger partial charge in [-0.15, -0.1) is 0 Å². The lowest BCUT2D eigenvalue weighted by molar-refractivity contribution is -0.146. The number of esters is 1. The van der Waals surface area contributed by atoms with Crippen LogP contribution < -0.4 is 11.1 Å². The van der Waals surface area contributed by atoms with E-state index in [1.54, 1.807) is 0 Å². The molecule has 0 aliphatic carbocycles. The number of carbonyl (C=O) groups is 3. The van der Waals surface area contributed by atoms with E-state index in [-0.39, 0.29) is 0 Å². The van der Waals surface area contributed by atoms with Gasteiger partial charge in [0.05, 0.1) is 0 Å². The number of ether oxygens (including phenoxy) is 1. The number of benzene rings is 2. The van der Waals surface area contributed by atoms with Crippen molar-refractivity contribution in [2.45, 2.75) is 18.9 Å². The van der Waals surface area contributed by atoms with Gasteiger partial charge in [-0.25, -0.2) is 0 Å². The number of nitrogens with two attached hydrogens (primary N) is 1. The van der Waals surface area contributed by atoms with Crippen LogP contribution in [0, 0.1) is 0 Å². The molecule has 0 saturated carbocycles. The van der Waals surface area contributed by atoms with E-state index < -0.39 is 36.4 Å². The van der Waals surface area contributed by atoms with Crippen LogP contribution in [0.5, 0.6) is 0 Å². The van der Waals surface area contributed by atoms with Crippen molar-refractivity contribution < 1.29 is 19.1 Å². The average molecular weight is 340 g/mol. The summed E-state index contributed by atoms with van der Waals surface area (Å²) in [6.45, 7) is 0.741. The fourth-order valence-corrected chi connectivity index (χ4v) is 2.60. The van der Waals surface area contributed by atoms with E-state index in [1.807, 2.05) is 60.7 Å². The molecule has 0 radical (unpaired) electrons. The summed E-state index contributed by atoms with van der Waals surface area (Å²) >= 11 is 0. The molecule has 25 heavy (non-hydrogen) atoms. The Kier molecular flexibility index (Phi) is 6.28. The van der Waals surface area contributed by atoms with Crippen LogP contribution in [0.25, 0.3) is 0 Å². The lowest BCUT2D eigenvalue weighted by atomic mass is 9.84. The van der Waals surface area contributed by atoms with Crippen molar-refractivity contribution >= 4 is 17.8 Å². The summed E-state index contributed by atoms with van der Waals surface area (Å²) in [4.78, 5) is 34.9. The van der Waals surface area contributed by atoms with E-state index in [0.717, 1.165) is 11.1 Å². The van der Waals surface area contributed by atoms with Crippen LogP contribution in [0.15, 0.2) is 60.7 Å². The van der Waals surface area contributed by atoms with Crippen molar-refractivity contribution in [3.63, 3.8) is 0 Å². The molecule has 0 unspecified atom stereocenters. The third-order valence-corrected chi connectivity index (χ3v) is 3.68. The fraction of sp³-hybridized carbons (Fsp3) is 0.211. The zero-order valence-corrected chi connectivity index (χ0v) is 13.8. The van der Waals surface area contributed by atoms with E-state index in [4.69, 9.17) is 5.73 Å². The largest absolute Gasteiger partial charge is 0.456 e. The van der Waals surface area contributed by atoms with E-state index in [1.165, 1.54) is 6.92 Å². The lowest BCUT2D eigenvalue weighted by Gasteiger charge is -2.26. The van der Waals surface area contributed by atoms with Gasteiger partial charge in [-0.1, -0.05) is 60.7 Å². The van der Waals surface area contributed by atoms with E-state index >= 15 is 0 Å². The zero-order chi connectivity index (χ0) is 18.2. The highest BCUT2D eigenvalue weighted by atomic mass is 16.5. The molecule has 2 aromatic carbocycles. The number of rotatable bonds is 7. The molecule has 2 rings (SSSR count). The Morgan fingerprint density at radius 2 is 1.44 bits per heavy atom. The number of primary amides is 1. The predicted octanol–water partition coefficient (Wildman–Crippen LogP) is 1.35. The molecular weight excluding hydrogens is 320 g/mol. The molecule has 0 aliphatic rings. The van der Waals surface area contributed by atoms with E-state index in [0.29, 0.717) is 0 Å². The fourth-order valence-electron chi connectivity index (χ4n) is 2.60. The van der Waals surface area contributed by atoms with Gasteiger partial charge < -0.3 is 15.8 Å². The zero-order valence-electron chi connectivity index (χ0n) is 13.8. The Bertz CT molecular complexity index is 692. The third-order valence-electron chi connectivity index (χ3n) is 3.68. The van der Waals surface area contributed by atoms with Gasteiger partial charge in [0.25, 0.3) is 5.91 Å². The minimum atomic E-state index is -0.979. The number of hydrogen-bond donors (Lipinski definition) is 2. The Labute approximate surface area is 146 Å². The van der Waals surface area contributed by atoms with Crippen LogP contribution in [-0.2, 0) is 19.1 Å². The second kappa shape index (κ2) is 8.63. The molecule has 6 nitrogen and oxygen atoms in total. The first-order valence-corrected chi connectivity index (χ1v) is 7.81. The van der Waals surface area contributed by atoms with Crippen molar-refractivity contribution in [2.24, 2.45) is 5.73 Å². The van der Waals surface area contributed by atoms with E-state index in [2.05, 4.69) is 10.1 Å². The van der Waals surface area contributed by atoms with Crippen LogP contribution in [-0.4, -0.2) is 30.4 Å². The van der Waals surface area contributed by atoms with Crippen molar-refractivity contribution in [2.75, 3.05) is 6.61 Å². The predicted molar refractivity (Wildman–Crippen MR) is 92.5 cm³/mol. The quantitative estimate of drug-likeness (QED) is 0.743. The molecule has 0 saturated heterocycles. The highest BCUT2D eigenvalue weighted by Gasteiger charge is 2.30. The van der Waals surface area contributed by atoms with Gasteiger partial charge in [-0.05, 0) is 11.1 Å². The van der Waals surface area contributed by atoms with Crippen LogP contribution >= 0.6 is 0 Å². The third kappa shape index (κ3) is 5.17. The Hall–Kier alpha value is -3.15. The topological polar surface area (TPSA) is 98.5 Å². The maximum Gasteiger partial charge on any atom is 0.303 e. The number of amides is 2. The SMILES string of the molecule is CC(=O)OCC(=O)N[C@H](C(N)=O)C(c1ccccc1)c1ccccc1. The first-order valence-electron chi connectivity index (χ1n) is 7.81. The van der Waals surface area contributed by atoms with Gasteiger partial charge in [-0.2, -0.15) is 0 Å². The van der Waals surface area contributed by atoms with Gasteiger partial charge in [0.2, 0.25) is 5.91 Å². The van der Waals surface area contributed by atoms with Crippen LogP contribution in [0.1, 0.15) is 24.0 Å². The summed E-state index contributed by atoms with van der Waals surface area (Å²) in [5.41, 5.74) is 7.23. The first-order chi connectivity index (χ1) is 12.0. The van der Waals surface area contributed by atoms with Gasteiger partial charge in [0, 0.05) is 12.8 Å². The average Bonchev–Trinajstić information content (AvgIpc) is 2.61. The molecule has 3 N–H and O–H groups in total. The molecule has 2 amide bonds. The number of nitrogens with one attached hydrogen (secondary N) is 1. The highest BCUT2D eigenvalue weighted by Crippen LogP contribution is 2.28. The highest BCUT2D eigenvalue weighted by molar-refractivity contribution is 5.89. The molecular formula is C19H20N2O4. The standard InChI is InChI=1S/C19H20N2O4/c1-13(22)25-12-16(23)21-18(19(20)24)17(14-8-4-2-5-9-14)15-10-6-3-7-11-15/h2-11,17-18H,12H2,1H3,(H2,20,24)(H,21,23)/t18-/m0/s1. The Balaban J connectivity index is 2.33. The minimum Gasteiger partial charge on any atom is -0.456 e. The van der Waals surface area contributed by atoms with Gasteiger partial charge in [0.15, 0.2) is 6.61 Å².